The van der Waals surface area contributed by atoms with Crippen molar-refractivity contribution >= 4 is 12.2 Å². The number of rotatable bonds is 4. The van der Waals surface area contributed by atoms with Crippen LogP contribution in [-0.2, 0) is 12.8 Å². The molecule has 0 atom stereocenters. The van der Waals surface area contributed by atoms with E-state index in [0.29, 0.717) is 0 Å². The minimum absolute atomic E-state index is 1.17. The van der Waals surface area contributed by atoms with Crippen molar-refractivity contribution in [2.24, 2.45) is 0 Å². The minimum Gasteiger partial charge on any atom is -0.0652 e. The molecule has 4 rings (SSSR count). The summed E-state index contributed by atoms with van der Waals surface area (Å²) in [6.45, 7) is 8.98. The summed E-state index contributed by atoms with van der Waals surface area (Å²) in [5, 5.41) is 0. The van der Waals surface area contributed by atoms with Gasteiger partial charge in [-0.2, -0.15) is 0 Å². The molecule has 0 bridgehead atoms. The average Bonchev–Trinajstić information content (AvgIpc) is 3.21. The first-order valence-electron chi connectivity index (χ1n) is 9.60. The van der Waals surface area contributed by atoms with E-state index >= 15 is 0 Å². The Hall–Kier alpha value is -2.08. The van der Waals surface area contributed by atoms with Crippen molar-refractivity contribution in [2.75, 3.05) is 0 Å². The van der Waals surface area contributed by atoms with Crippen LogP contribution >= 0.6 is 0 Å². The number of benzene rings is 2. The van der Waals surface area contributed by atoms with Crippen molar-refractivity contribution in [1.82, 2.24) is 0 Å². The first-order chi connectivity index (χ1) is 12.0. The van der Waals surface area contributed by atoms with Gasteiger partial charge in [0, 0.05) is 0 Å². The zero-order valence-corrected chi connectivity index (χ0v) is 16.0. The summed E-state index contributed by atoms with van der Waals surface area (Å²) in [6, 6.07) is 9.07. The summed E-state index contributed by atoms with van der Waals surface area (Å²) in [5.74, 6) is 0. The third kappa shape index (κ3) is 2.99. The van der Waals surface area contributed by atoms with Gasteiger partial charge in [0.2, 0.25) is 0 Å². The van der Waals surface area contributed by atoms with Gasteiger partial charge in [0.1, 0.15) is 0 Å². The Bertz CT molecular complexity index is 831. The predicted molar refractivity (Wildman–Crippen MR) is 109 cm³/mol. The van der Waals surface area contributed by atoms with Crippen LogP contribution in [0.5, 0.6) is 0 Å². The lowest BCUT2D eigenvalue weighted by Gasteiger charge is -2.07. The molecule has 0 aromatic heterocycles. The van der Waals surface area contributed by atoms with Gasteiger partial charge in [-0.25, -0.2) is 0 Å². The van der Waals surface area contributed by atoms with Crippen LogP contribution in [0.1, 0.15) is 63.8 Å². The van der Waals surface area contributed by atoms with Crippen LogP contribution in [0.3, 0.4) is 0 Å². The van der Waals surface area contributed by atoms with Crippen molar-refractivity contribution < 1.29 is 0 Å². The lowest BCUT2D eigenvalue weighted by molar-refractivity contribution is 0.785. The van der Waals surface area contributed by atoms with Crippen LogP contribution in [0.4, 0.5) is 0 Å². The van der Waals surface area contributed by atoms with Crippen molar-refractivity contribution in [1.29, 1.82) is 0 Å². The van der Waals surface area contributed by atoms with E-state index in [0.717, 1.165) is 0 Å². The van der Waals surface area contributed by atoms with E-state index in [9.17, 15) is 0 Å². The van der Waals surface area contributed by atoms with E-state index in [1.54, 1.807) is 22.3 Å². The molecule has 0 fully saturated rings. The Morgan fingerprint density at radius 1 is 0.600 bits per heavy atom. The minimum atomic E-state index is 1.17. The molecule has 0 nitrogen and oxygen atoms in total. The van der Waals surface area contributed by atoms with Gasteiger partial charge in [0.25, 0.3) is 0 Å². The summed E-state index contributed by atoms with van der Waals surface area (Å²) in [4.78, 5) is 0. The van der Waals surface area contributed by atoms with E-state index in [1.165, 1.54) is 65.5 Å². The summed E-state index contributed by atoms with van der Waals surface area (Å²) in [7, 11) is 0. The number of hydrogen-bond donors (Lipinski definition) is 0. The Kier molecular flexibility index (Phi) is 4.15. The molecule has 0 unspecified atom stereocenters. The molecule has 0 radical (unpaired) electrons. The Morgan fingerprint density at radius 2 is 1.00 bits per heavy atom. The average molecular weight is 328 g/mol. The molecule has 0 saturated carbocycles. The van der Waals surface area contributed by atoms with Gasteiger partial charge < -0.3 is 0 Å². The lowest BCUT2D eigenvalue weighted by Crippen LogP contribution is -1.93. The maximum atomic E-state index is 2.46. The van der Waals surface area contributed by atoms with Gasteiger partial charge >= 0.3 is 0 Å². The van der Waals surface area contributed by atoms with Crippen molar-refractivity contribution in [3.63, 3.8) is 0 Å². The van der Waals surface area contributed by atoms with Crippen LogP contribution in [0.2, 0.25) is 0 Å². The summed E-state index contributed by atoms with van der Waals surface area (Å²) in [6.07, 6.45) is 11.0. The Morgan fingerprint density at radius 3 is 1.40 bits per heavy atom. The quantitative estimate of drug-likeness (QED) is 0.588. The lowest BCUT2D eigenvalue weighted by atomic mass is 9.98. The van der Waals surface area contributed by atoms with Gasteiger partial charge in [-0.1, -0.05) is 47.6 Å². The van der Waals surface area contributed by atoms with Gasteiger partial charge in [-0.3, -0.25) is 0 Å². The molecule has 2 aromatic rings. The molecule has 0 spiro atoms. The van der Waals surface area contributed by atoms with Crippen molar-refractivity contribution in [3.8, 4) is 0 Å². The fraction of sp³-hybridized carbons (Fsp3) is 0.360. The second kappa shape index (κ2) is 6.33. The summed E-state index contributed by atoms with van der Waals surface area (Å²) >= 11 is 0. The molecule has 2 aromatic carbocycles. The first kappa shape index (κ1) is 16.4. The summed E-state index contributed by atoms with van der Waals surface area (Å²) < 4.78 is 0. The highest BCUT2D eigenvalue weighted by molar-refractivity contribution is 5.69. The van der Waals surface area contributed by atoms with Crippen LogP contribution in [-0.4, -0.2) is 0 Å². The number of allylic oxidation sites excluding steroid dienone is 2. The number of fused-ring (bicyclic) bond motifs is 2. The predicted octanol–water partition coefficient (Wildman–Crippen LogP) is 6.67. The Labute approximate surface area is 152 Å². The highest BCUT2D eigenvalue weighted by Gasteiger charge is 2.18. The van der Waals surface area contributed by atoms with Crippen LogP contribution in [0.15, 0.2) is 35.4 Å². The highest BCUT2D eigenvalue weighted by atomic mass is 14.2. The molecule has 0 amide bonds. The molecule has 2 aliphatic carbocycles. The van der Waals surface area contributed by atoms with E-state index in [4.69, 9.17) is 0 Å². The molecule has 0 aliphatic heterocycles. The highest BCUT2D eigenvalue weighted by Crippen LogP contribution is 2.35. The molecular weight excluding hydrogens is 300 g/mol. The largest absolute Gasteiger partial charge is 0.0652 e. The molecule has 2 aliphatic rings. The molecular formula is C25H28. The SMILES string of the molecule is Cc1ccc(C)c2c1C=C(CCCC1=Cc3c(C)ccc(C)c3C1)C2. The molecule has 25 heavy (non-hydrogen) atoms. The normalized spacial score (nSPS) is 15.0. The third-order valence-corrected chi connectivity index (χ3v) is 6.12. The fourth-order valence-electron chi connectivity index (χ4n) is 4.48. The first-order valence-corrected chi connectivity index (χ1v) is 9.60. The molecule has 0 heteroatoms. The molecule has 0 saturated heterocycles. The maximum Gasteiger partial charge on any atom is -0.00551 e. The van der Waals surface area contributed by atoms with E-state index in [-0.39, 0.29) is 0 Å². The third-order valence-electron chi connectivity index (χ3n) is 6.12. The topological polar surface area (TPSA) is 0 Å². The standard InChI is InChI=1S/C25H28/c1-16-8-9-17(2)23-13-20(12-22(16)23)6-5-7-21-14-24-18(3)10-11-19(4)25(24)15-21/h8-12,14H,5-7,13,15H2,1-4H3. The smallest absolute Gasteiger partial charge is 0.00551 e. The molecule has 128 valence electrons. The van der Waals surface area contributed by atoms with Gasteiger partial charge in [0.05, 0.1) is 0 Å². The molecule has 0 heterocycles. The van der Waals surface area contributed by atoms with Gasteiger partial charge in [-0.05, 0) is 104 Å². The van der Waals surface area contributed by atoms with Crippen LogP contribution in [0, 0.1) is 27.7 Å². The Balaban J connectivity index is 1.39. The van der Waals surface area contributed by atoms with Crippen LogP contribution < -0.4 is 0 Å². The maximum absolute atomic E-state index is 2.46. The van der Waals surface area contributed by atoms with Crippen LogP contribution in [0.25, 0.3) is 12.2 Å². The van der Waals surface area contributed by atoms with Crippen molar-refractivity contribution in [3.05, 3.63) is 79.9 Å². The van der Waals surface area contributed by atoms with E-state index < -0.39 is 0 Å². The van der Waals surface area contributed by atoms with Gasteiger partial charge in [-0.15, -0.1) is 0 Å². The number of aryl methyl sites for hydroxylation is 4. The zero-order valence-electron chi connectivity index (χ0n) is 16.0. The fourth-order valence-corrected chi connectivity index (χ4v) is 4.48. The van der Waals surface area contributed by atoms with Gasteiger partial charge in [0.15, 0.2) is 0 Å². The molecule has 0 N–H and O–H groups in total. The second-order valence-corrected chi connectivity index (χ2v) is 8.00. The number of hydrogen-bond acceptors (Lipinski definition) is 0. The summed E-state index contributed by atoms with van der Waals surface area (Å²) in [5.41, 5.74) is 15.1. The van der Waals surface area contributed by atoms with Crippen molar-refractivity contribution in [2.45, 2.75) is 59.8 Å². The monoisotopic (exact) mass is 328 g/mol. The zero-order chi connectivity index (χ0) is 17.6. The second-order valence-electron chi connectivity index (χ2n) is 8.00. The van der Waals surface area contributed by atoms with E-state index in [1.807, 2.05) is 0 Å². The van der Waals surface area contributed by atoms with E-state index in [2.05, 4.69) is 64.1 Å².